The number of aldehydes is 1. The average Bonchev–Trinajstić information content (AvgIpc) is 2.68. The van der Waals surface area contributed by atoms with Crippen molar-refractivity contribution >= 4 is 29.4 Å². The van der Waals surface area contributed by atoms with Gasteiger partial charge < -0.3 is 21.5 Å². The summed E-state index contributed by atoms with van der Waals surface area (Å²) in [6.45, 7) is 5.62. The van der Waals surface area contributed by atoms with Gasteiger partial charge in [-0.3, -0.25) is 9.59 Å². The second-order valence-electron chi connectivity index (χ2n) is 6.22. The van der Waals surface area contributed by atoms with Crippen LogP contribution in [-0.4, -0.2) is 19.3 Å². The van der Waals surface area contributed by atoms with Crippen LogP contribution in [0.2, 0.25) is 5.02 Å². The molecule has 0 saturated carbocycles. The normalized spacial score (nSPS) is 10.4. The maximum atomic E-state index is 12.3. The third kappa shape index (κ3) is 5.49. The predicted octanol–water partition coefficient (Wildman–Crippen LogP) is 3.56. The Morgan fingerprint density at radius 1 is 1.17 bits per heavy atom. The van der Waals surface area contributed by atoms with Gasteiger partial charge in [0.25, 0.3) is 5.91 Å². The van der Waals surface area contributed by atoms with Crippen LogP contribution in [0, 0.1) is 6.92 Å². The highest BCUT2D eigenvalue weighted by molar-refractivity contribution is 6.30. The highest BCUT2D eigenvalue weighted by Crippen LogP contribution is 2.30. The zero-order valence-corrected chi connectivity index (χ0v) is 16.9. The summed E-state index contributed by atoms with van der Waals surface area (Å²) in [5, 5.41) is 3.21. The molecule has 0 aliphatic heterocycles. The number of hydrogen-bond acceptors (Lipinski definition) is 5. The zero-order valence-electron chi connectivity index (χ0n) is 16.2. The topological polar surface area (TPSA) is 107 Å². The molecule has 2 aromatic carbocycles. The van der Waals surface area contributed by atoms with E-state index in [2.05, 4.69) is 11.9 Å². The first-order chi connectivity index (χ1) is 13.8. The van der Waals surface area contributed by atoms with Crippen molar-refractivity contribution in [2.24, 2.45) is 11.5 Å². The van der Waals surface area contributed by atoms with Crippen LogP contribution >= 0.6 is 11.6 Å². The average molecular weight is 412 g/mol. The molecule has 6 nitrogen and oxygen atoms in total. The molecule has 0 aliphatic carbocycles. The van der Waals surface area contributed by atoms with E-state index in [1.165, 1.54) is 7.11 Å². The lowest BCUT2D eigenvalue weighted by Gasteiger charge is -2.13. The molecular weight excluding hydrogens is 390 g/mol. The third-order valence-corrected chi connectivity index (χ3v) is 4.40. The molecule has 0 aliphatic rings. The number of rotatable bonds is 7. The van der Waals surface area contributed by atoms with Gasteiger partial charge in [-0.25, -0.2) is 0 Å². The molecule has 2 aromatic rings. The van der Waals surface area contributed by atoms with Crippen molar-refractivity contribution in [2.45, 2.75) is 6.92 Å². The fraction of sp³-hybridized carbons (Fsp3) is 0.0909. The van der Waals surface area contributed by atoms with E-state index in [1.54, 1.807) is 55.5 Å². The van der Waals surface area contributed by atoms with Crippen LogP contribution in [0.1, 0.15) is 31.8 Å². The van der Waals surface area contributed by atoms with Crippen LogP contribution in [0.5, 0.6) is 5.75 Å². The SMILES string of the molecule is C=C(/C=C\C(=C(N)N)c1cc(C)c(C=O)cc1OC)NC(=O)c1ccc(Cl)cc1. The molecule has 0 bridgehead atoms. The van der Waals surface area contributed by atoms with E-state index < -0.39 is 0 Å². The number of halogens is 1. The van der Waals surface area contributed by atoms with E-state index in [-0.39, 0.29) is 11.7 Å². The standard InChI is InChI=1S/C22H22ClN3O3/c1-13-10-19(20(29-3)11-16(13)12-27)18(21(24)25)9-4-14(2)26-22(28)15-5-7-17(23)8-6-15/h4-12H,2,24-25H2,1,3H3,(H,26,28)/b9-4-. The quantitative estimate of drug-likeness (QED) is 0.477. The number of nitrogens with two attached hydrogens (primary N) is 2. The summed E-state index contributed by atoms with van der Waals surface area (Å²) < 4.78 is 5.37. The molecule has 2 rings (SSSR count). The second kappa shape index (κ2) is 9.61. The lowest BCUT2D eigenvalue weighted by molar-refractivity contribution is 0.0967. The number of ether oxygens (including phenoxy) is 1. The van der Waals surface area contributed by atoms with Crippen molar-refractivity contribution in [1.82, 2.24) is 5.32 Å². The lowest BCUT2D eigenvalue weighted by atomic mass is 9.98. The van der Waals surface area contributed by atoms with Gasteiger partial charge in [-0.1, -0.05) is 18.2 Å². The molecule has 0 unspecified atom stereocenters. The number of allylic oxidation sites excluding steroid dienone is 3. The van der Waals surface area contributed by atoms with Gasteiger partial charge >= 0.3 is 0 Å². The first-order valence-corrected chi connectivity index (χ1v) is 8.98. The van der Waals surface area contributed by atoms with Crippen molar-refractivity contribution in [1.29, 1.82) is 0 Å². The van der Waals surface area contributed by atoms with E-state index in [0.717, 1.165) is 11.8 Å². The third-order valence-electron chi connectivity index (χ3n) is 4.15. The number of carbonyl (C=O) groups excluding carboxylic acids is 2. The Labute approximate surface area is 174 Å². The van der Waals surface area contributed by atoms with Crippen LogP contribution in [0.4, 0.5) is 0 Å². The monoisotopic (exact) mass is 411 g/mol. The van der Waals surface area contributed by atoms with Crippen molar-refractivity contribution < 1.29 is 14.3 Å². The van der Waals surface area contributed by atoms with Crippen LogP contribution in [-0.2, 0) is 0 Å². The maximum absolute atomic E-state index is 12.3. The smallest absolute Gasteiger partial charge is 0.255 e. The molecular formula is C22H22ClN3O3. The van der Waals surface area contributed by atoms with Gasteiger partial charge in [-0.05, 0) is 61.0 Å². The number of hydrogen-bond donors (Lipinski definition) is 3. The molecule has 0 radical (unpaired) electrons. The minimum Gasteiger partial charge on any atom is -0.496 e. The van der Waals surface area contributed by atoms with Gasteiger partial charge in [0.15, 0.2) is 0 Å². The van der Waals surface area contributed by atoms with E-state index >= 15 is 0 Å². The minimum absolute atomic E-state index is 0.0506. The summed E-state index contributed by atoms with van der Waals surface area (Å²) in [5.74, 6) is 0.169. The second-order valence-corrected chi connectivity index (χ2v) is 6.65. The van der Waals surface area contributed by atoms with Crippen LogP contribution < -0.4 is 21.5 Å². The Morgan fingerprint density at radius 2 is 1.83 bits per heavy atom. The fourth-order valence-electron chi connectivity index (χ4n) is 2.60. The molecule has 1 amide bonds. The number of nitrogens with one attached hydrogen (secondary N) is 1. The van der Waals surface area contributed by atoms with Gasteiger partial charge in [0, 0.05) is 33.0 Å². The highest BCUT2D eigenvalue weighted by atomic mass is 35.5. The molecule has 0 heterocycles. The molecule has 0 atom stereocenters. The van der Waals surface area contributed by atoms with Gasteiger partial charge in [-0.2, -0.15) is 0 Å². The van der Waals surface area contributed by atoms with E-state index in [4.69, 9.17) is 27.8 Å². The van der Waals surface area contributed by atoms with E-state index in [0.29, 0.717) is 38.7 Å². The van der Waals surface area contributed by atoms with Crippen molar-refractivity contribution in [3.8, 4) is 5.75 Å². The summed E-state index contributed by atoms with van der Waals surface area (Å²) in [6, 6.07) is 9.86. The van der Waals surface area contributed by atoms with Gasteiger partial charge in [0.05, 0.1) is 7.11 Å². The first kappa shape index (κ1) is 21.8. The largest absolute Gasteiger partial charge is 0.496 e. The summed E-state index contributed by atoms with van der Waals surface area (Å²) in [7, 11) is 1.49. The lowest BCUT2D eigenvalue weighted by Crippen LogP contribution is -2.21. The molecule has 5 N–H and O–H groups in total. The Kier molecular flexibility index (Phi) is 7.22. The Balaban J connectivity index is 2.26. The Morgan fingerprint density at radius 3 is 2.38 bits per heavy atom. The zero-order chi connectivity index (χ0) is 21.6. The Bertz CT molecular complexity index is 1000. The van der Waals surface area contributed by atoms with Crippen molar-refractivity contribution in [3.05, 3.63) is 93.9 Å². The van der Waals surface area contributed by atoms with Crippen molar-refractivity contribution in [2.75, 3.05) is 7.11 Å². The highest BCUT2D eigenvalue weighted by Gasteiger charge is 2.13. The molecule has 0 fully saturated rings. The molecule has 0 aromatic heterocycles. The van der Waals surface area contributed by atoms with E-state index in [1.807, 2.05) is 0 Å². The summed E-state index contributed by atoms with van der Waals surface area (Å²) in [5.41, 5.74) is 14.8. The van der Waals surface area contributed by atoms with Gasteiger partial charge in [-0.15, -0.1) is 0 Å². The van der Waals surface area contributed by atoms with Crippen LogP contribution in [0.3, 0.4) is 0 Å². The summed E-state index contributed by atoms with van der Waals surface area (Å²) in [6.07, 6.45) is 3.95. The number of methoxy groups -OCH3 is 1. The fourth-order valence-corrected chi connectivity index (χ4v) is 2.72. The van der Waals surface area contributed by atoms with Crippen molar-refractivity contribution in [3.63, 3.8) is 0 Å². The molecule has 0 saturated heterocycles. The minimum atomic E-state index is -0.327. The summed E-state index contributed by atoms with van der Waals surface area (Å²) >= 11 is 5.83. The number of aryl methyl sites for hydroxylation is 1. The Hall–Kier alpha value is -3.51. The number of amides is 1. The van der Waals surface area contributed by atoms with Gasteiger partial charge in [0.1, 0.15) is 17.9 Å². The first-order valence-electron chi connectivity index (χ1n) is 8.60. The van der Waals surface area contributed by atoms with Gasteiger partial charge in [0.2, 0.25) is 0 Å². The van der Waals surface area contributed by atoms with E-state index in [9.17, 15) is 9.59 Å². The van der Waals surface area contributed by atoms with Crippen LogP contribution in [0.25, 0.3) is 5.57 Å². The summed E-state index contributed by atoms with van der Waals surface area (Å²) in [4.78, 5) is 23.4. The number of benzene rings is 2. The van der Waals surface area contributed by atoms with Crippen LogP contribution in [0.15, 0.2) is 66.6 Å². The molecule has 150 valence electrons. The predicted molar refractivity (Wildman–Crippen MR) is 116 cm³/mol. The number of carbonyl (C=O) groups is 2. The molecule has 7 heteroatoms. The molecule has 29 heavy (non-hydrogen) atoms. The maximum Gasteiger partial charge on any atom is 0.255 e. The molecule has 0 spiro atoms.